The summed E-state index contributed by atoms with van der Waals surface area (Å²) >= 11 is 6.53. The van der Waals surface area contributed by atoms with Crippen molar-refractivity contribution in [2.45, 2.75) is 110 Å². The molecule has 0 aromatic heterocycles. The Morgan fingerprint density at radius 3 is 2.31 bits per heavy atom. The SMILES string of the molecule is CC(C)(C)OC(=O)N[C@@H](CCOc1ccc(B2OC(C)(C)C(C)(C)O2)c(Cl)c1)C(=O)OC1CCCC1. The topological polar surface area (TPSA) is 92.3 Å². The molecule has 0 radical (unpaired) electrons. The van der Waals surface area contributed by atoms with Gasteiger partial charge in [0.15, 0.2) is 0 Å². The summed E-state index contributed by atoms with van der Waals surface area (Å²) in [5, 5.41) is 3.09. The summed E-state index contributed by atoms with van der Waals surface area (Å²) in [6, 6.07) is 4.39. The summed E-state index contributed by atoms with van der Waals surface area (Å²) in [5.74, 6) is 0.0472. The van der Waals surface area contributed by atoms with E-state index in [0.717, 1.165) is 25.7 Å². The van der Waals surface area contributed by atoms with Crippen LogP contribution in [-0.2, 0) is 23.6 Å². The van der Waals surface area contributed by atoms with Gasteiger partial charge >= 0.3 is 19.2 Å². The molecular weight excluding hydrogens is 485 g/mol. The molecule has 1 aromatic rings. The number of halogens is 1. The highest BCUT2D eigenvalue weighted by molar-refractivity contribution is 6.65. The Hall–Kier alpha value is -1.97. The second-order valence-electron chi connectivity index (χ2n) is 11.5. The van der Waals surface area contributed by atoms with Gasteiger partial charge in [-0.25, -0.2) is 9.59 Å². The quantitative estimate of drug-likeness (QED) is 0.387. The van der Waals surface area contributed by atoms with E-state index >= 15 is 0 Å². The number of ether oxygens (including phenoxy) is 3. The van der Waals surface area contributed by atoms with Crippen LogP contribution in [0, 0.1) is 0 Å². The summed E-state index contributed by atoms with van der Waals surface area (Å²) in [5.41, 5.74) is -0.915. The van der Waals surface area contributed by atoms with Crippen LogP contribution < -0.4 is 15.5 Å². The first-order valence-corrected chi connectivity index (χ1v) is 13.0. The second kappa shape index (κ2) is 11.2. The van der Waals surface area contributed by atoms with Gasteiger partial charge in [-0.15, -0.1) is 0 Å². The molecule has 1 saturated carbocycles. The van der Waals surface area contributed by atoms with Gasteiger partial charge < -0.3 is 28.8 Å². The fraction of sp³-hybridized carbons (Fsp3) is 0.692. The summed E-state index contributed by atoms with van der Waals surface area (Å²) in [4.78, 5) is 25.1. The van der Waals surface area contributed by atoms with E-state index in [1.165, 1.54) is 0 Å². The lowest BCUT2D eigenvalue weighted by atomic mass is 9.79. The molecule has 2 aliphatic rings. The maximum absolute atomic E-state index is 12.8. The van der Waals surface area contributed by atoms with Crippen molar-refractivity contribution in [2.75, 3.05) is 6.61 Å². The molecule has 1 N–H and O–H groups in total. The first-order chi connectivity index (χ1) is 16.7. The van der Waals surface area contributed by atoms with Gasteiger partial charge in [0.1, 0.15) is 23.5 Å². The van der Waals surface area contributed by atoms with E-state index < -0.39 is 42.0 Å². The molecule has 1 atom stereocenters. The second-order valence-corrected chi connectivity index (χ2v) is 11.9. The van der Waals surface area contributed by atoms with Gasteiger partial charge in [0.25, 0.3) is 0 Å². The molecule has 1 amide bonds. The Bertz CT molecular complexity index is 925. The van der Waals surface area contributed by atoms with Gasteiger partial charge in [-0.05, 0) is 86.3 Å². The Morgan fingerprint density at radius 1 is 1.14 bits per heavy atom. The van der Waals surface area contributed by atoms with Crippen molar-refractivity contribution >= 4 is 36.2 Å². The minimum absolute atomic E-state index is 0.109. The molecule has 1 saturated heterocycles. The third-order valence-corrected chi connectivity index (χ3v) is 7.04. The molecule has 1 aliphatic carbocycles. The van der Waals surface area contributed by atoms with Crippen molar-refractivity contribution < 1.29 is 33.1 Å². The molecule has 200 valence electrons. The summed E-state index contributed by atoms with van der Waals surface area (Å²) in [6.45, 7) is 13.4. The summed E-state index contributed by atoms with van der Waals surface area (Å²) < 4.78 is 29.0. The van der Waals surface area contributed by atoms with Gasteiger partial charge in [0.05, 0.1) is 17.8 Å². The van der Waals surface area contributed by atoms with Crippen LogP contribution in [-0.4, -0.2) is 54.7 Å². The Balaban J connectivity index is 1.60. The molecule has 1 aliphatic heterocycles. The number of amides is 1. The standard InChI is InChI=1S/C26H39BClNO7/c1-24(2,3)34-23(31)29-21(22(30)33-17-10-8-9-11-17)14-15-32-18-12-13-19(20(28)16-18)27-35-25(4,5)26(6,7)36-27/h12-13,16-17,21H,8-11,14-15H2,1-7H3,(H,29,31)/t21-/m0/s1. The lowest BCUT2D eigenvalue weighted by Gasteiger charge is -2.32. The average Bonchev–Trinajstić information content (AvgIpc) is 3.30. The van der Waals surface area contributed by atoms with Crippen LogP contribution in [0.2, 0.25) is 5.02 Å². The Morgan fingerprint density at radius 2 is 1.75 bits per heavy atom. The van der Waals surface area contributed by atoms with E-state index in [0.29, 0.717) is 16.2 Å². The number of alkyl carbamates (subject to hydrolysis) is 1. The van der Waals surface area contributed by atoms with E-state index in [1.54, 1.807) is 32.9 Å². The van der Waals surface area contributed by atoms with Crippen molar-refractivity contribution in [3.05, 3.63) is 23.2 Å². The normalized spacial score (nSPS) is 20.2. The zero-order valence-corrected chi connectivity index (χ0v) is 23.2. The molecular formula is C26H39BClNO7. The molecule has 1 aromatic carbocycles. The van der Waals surface area contributed by atoms with Crippen LogP contribution in [0.5, 0.6) is 5.75 Å². The monoisotopic (exact) mass is 523 g/mol. The third kappa shape index (κ3) is 7.52. The highest BCUT2D eigenvalue weighted by Crippen LogP contribution is 2.37. The fourth-order valence-corrected chi connectivity index (χ4v) is 4.26. The first kappa shape index (κ1) is 28.6. The minimum Gasteiger partial charge on any atom is -0.493 e. The molecule has 0 bridgehead atoms. The van der Waals surface area contributed by atoms with Crippen LogP contribution in [0.4, 0.5) is 4.79 Å². The number of rotatable bonds is 8. The van der Waals surface area contributed by atoms with Crippen molar-refractivity contribution in [1.82, 2.24) is 5.32 Å². The van der Waals surface area contributed by atoms with E-state index in [-0.39, 0.29) is 19.1 Å². The van der Waals surface area contributed by atoms with Crippen molar-refractivity contribution in [3.8, 4) is 5.75 Å². The predicted molar refractivity (Wildman–Crippen MR) is 139 cm³/mol. The predicted octanol–water partition coefficient (Wildman–Crippen LogP) is 4.79. The molecule has 3 rings (SSSR count). The van der Waals surface area contributed by atoms with Gasteiger partial charge in [-0.1, -0.05) is 17.7 Å². The number of hydrogen-bond acceptors (Lipinski definition) is 7. The highest BCUT2D eigenvalue weighted by Gasteiger charge is 2.52. The third-order valence-electron chi connectivity index (χ3n) is 6.71. The maximum atomic E-state index is 12.8. The molecule has 8 nitrogen and oxygen atoms in total. The molecule has 1 heterocycles. The Labute approximate surface area is 219 Å². The van der Waals surface area contributed by atoms with Crippen LogP contribution in [0.25, 0.3) is 0 Å². The number of benzene rings is 1. The molecule has 0 spiro atoms. The summed E-state index contributed by atoms with van der Waals surface area (Å²) in [7, 11) is -0.579. The summed E-state index contributed by atoms with van der Waals surface area (Å²) in [6.07, 6.45) is 3.18. The highest BCUT2D eigenvalue weighted by atomic mass is 35.5. The van der Waals surface area contributed by atoms with Gasteiger partial charge in [0, 0.05) is 16.9 Å². The number of carbonyl (C=O) groups excluding carboxylic acids is 2. The average molecular weight is 524 g/mol. The smallest absolute Gasteiger partial charge is 0.493 e. The minimum atomic E-state index is -0.889. The lowest BCUT2D eigenvalue weighted by molar-refractivity contribution is -0.151. The maximum Gasteiger partial charge on any atom is 0.496 e. The number of hydrogen-bond donors (Lipinski definition) is 1. The van der Waals surface area contributed by atoms with Gasteiger partial charge in [-0.2, -0.15) is 0 Å². The van der Waals surface area contributed by atoms with Crippen molar-refractivity contribution in [1.29, 1.82) is 0 Å². The molecule has 10 heteroatoms. The molecule has 2 fully saturated rings. The number of nitrogens with one attached hydrogen (secondary N) is 1. The van der Waals surface area contributed by atoms with E-state index in [2.05, 4.69) is 5.32 Å². The van der Waals surface area contributed by atoms with Crippen molar-refractivity contribution in [2.24, 2.45) is 0 Å². The van der Waals surface area contributed by atoms with Crippen molar-refractivity contribution in [3.63, 3.8) is 0 Å². The molecule has 0 unspecified atom stereocenters. The largest absolute Gasteiger partial charge is 0.496 e. The first-order valence-electron chi connectivity index (χ1n) is 12.6. The van der Waals surface area contributed by atoms with Crippen LogP contribution >= 0.6 is 11.6 Å². The van der Waals surface area contributed by atoms with Crippen LogP contribution in [0.15, 0.2) is 18.2 Å². The lowest BCUT2D eigenvalue weighted by Crippen LogP contribution is -2.45. The fourth-order valence-electron chi connectivity index (χ4n) is 4.00. The van der Waals surface area contributed by atoms with E-state index in [1.807, 2.05) is 33.8 Å². The number of carbonyl (C=O) groups is 2. The zero-order valence-electron chi connectivity index (χ0n) is 22.4. The van der Waals surface area contributed by atoms with Crippen LogP contribution in [0.1, 0.15) is 80.6 Å². The van der Waals surface area contributed by atoms with E-state index in [4.69, 9.17) is 35.1 Å². The Kier molecular flexibility index (Phi) is 8.89. The van der Waals surface area contributed by atoms with Gasteiger partial charge in [0.2, 0.25) is 0 Å². The molecule has 36 heavy (non-hydrogen) atoms. The van der Waals surface area contributed by atoms with Crippen LogP contribution in [0.3, 0.4) is 0 Å². The van der Waals surface area contributed by atoms with Gasteiger partial charge in [-0.3, -0.25) is 0 Å². The van der Waals surface area contributed by atoms with E-state index in [9.17, 15) is 9.59 Å². The zero-order chi connectivity index (χ0) is 26.7. The number of esters is 1.